The molecule has 3 aromatic carbocycles. The second-order valence-corrected chi connectivity index (χ2v) is 6.90. The number of fused-ring (bicyclic) bond motifs is 1. The van der Waals surface area contributed by atoms with Crippen LogP contribution in [-0.2, 0) is 6.42 Å². The number of hydrogen-bond donors (Lipinski definition) is 0. The van der Waals surface area contributed by atoms with Gasteiger partial charge in [-0.3, -0.25) is 0 Å². The molecule has 4 rings (SSSR count). The zero-order chi connectivity index (χ0) is 15.5. The number of benzene rings is 3. The van der Waals surface area contributed by atoms with E-state index in [9.17, 15) is 0 Å². The van der Waals surface area contributed by atoms with Gasteiger partial charge in [0.1, 0.15) is 0 Å². The Morgan fingerprint density at radius 2 is 1.30 bits per heavy atom. The lowest BCUT2D eigenvalue weighted by molar-refractivity contribution is 1.22. The molecule has 1 heteroatoms. The highest BCUT2D eigenvalue weighted by molar-refractivity contribution is 7.40. The van der Waals surface area contributed by atoms with E-state index in [1.807, 2.05) is 0 Å². The van der Waals surface area contributed by atoms with Crippen LogP contribution in [0.15, 0.2) is 91.0 Å². The first-order valence-corrected chi connectivity index (χ1v) is 8.77. The van der Waals surface area contributed by atoms with Crippen molar-refractivity contribution in [2.24, 2.45) is 0 Å². The quantitative estimate of drug-likeness (QED) is 0.396. The van der Waals surface area contributed by atoms with Crippen molar-refractivity contribution < 1.29 is 0 Å². The second kappa shape index (κ2) is 6.36. The summed E-state index contributed by atoms with van der Waals surface area (Å²) in [6.07, 6.45) is 0.976. The zero-order valence-corrected chi connectivity index (χ0v) is 13.7. The molecule has 110 valence electrons. The van der Waals surface area contributed by atoms with E-state index in [0.717, 1.165) is 6.42 Å². The van der Waals surface area contributed by atoms with E-state index in [-0.39, 0.29) is 0 Å². The monoisotopic (exact) mass is 312 g/mol. The van der Waals surface area contributed by atoms with Crippen LogP contribution < -0.4 is 0 Å². The molecule has 0 radical (unpaired) electrons. The summed E-state index contributed by atoms with van der Waals surface area (Å²) in [4.78, 5) is 0. The molecule has 0 unspecified atom stereocenters. The van der Waals surface area contributed by atoms with Crippen LogP contribution in [0.25, 0.3) is 21.4 Å². The lowest BCUT2D eigenvalue weighted by Gasteiger charge is -2.10. The van der Waals surface area contributed by atoms with Gasteiger partial charge in [-0.1, -0.05) is 87.1 Å². The fourth-order valence-electron chi connectivity index (χ4n) is 2.97. The second-order valence-electron chi connectivity index (χ2n) is 5.71. The van der Waals surface area contributed by atoms with Gasteiger partial charge >= 0.3 is 0 Å². The van der Waals surface area contributed by atoms with Crippen LogP contribution in [0.1, 0.15) is 11.1 Å². The van der Waals surface area contributed by atoms with Crippen LogP contribution >= 0.6 is 8.19 Å². The van der Waals surface area contributed by atoms with Crippen molar-refractivity contribution in [1.29, 1.82) is 0 Å². The largest absolute Gasteiger partial charge is 0.0622 e. The van der Waals surface area contributed by atoms with Crippen LogP contribution in [0.3, 0.4) is 0 Å². The molecule has 0 nitrogen and oxygen atoms in total. The van der Waals surface area contributed by atoms with Crippen LogP contribution in [-0.4, -0.2) is 0 Å². The molecule has 0 aliphatic rings. The van der Waals surface area contributed by atoms with Gasteiger partial charge in [0.25, 0.3) is 0 Å². The van der Waals surface area contributed by atoms with Crippen LogP contribution in [0.4, 0.5) is 0 Å². The molecule has 0 saturated carbocycles. The van der Waals surface area contributed by atoms with Gasteiger partial charge in [-0.05, 0) is 40.6 Å². The van der Waals surface area contributed by atoms with Gasteiger partial charge in [0.15, 0.2) is 0 Å². The molecule has 0 bridgehead atoms. The Labute approximate surface area is 138 Å². The first-order chi connectivity index (χ1) is 11.4. The summed E-state index contributed by atoms with van der Waals surface area (Å²) in [6.45, 7) is 0. The van der Waals surface area contributed by atoms with E-state index in [1.165, 1.54) is 40.7 Å². The molecule has 0 N–H and O–H groups in total. The fraction of sp³-hybridized carbons (Fsp3) is 0.0455. The number of rotatable bonds is 3. The molecule has 23 heavy (non-hydrogen) atoms. The highest BCUT2D eigenvalue weighted by Gasteiger charge is 2.07. The van der Waals surface area contributed by atoms with Crippen molar-refractivity contribution in [1.82, 2.24) is 0 Å². The molecule has 0 aliphatic carbocycles. The molecule has 0 amide bonds. The summed E-state index contributed by atoms with van der Waals surface area (Å²) in [5.74, 6) is 0. The Kier molecular flexibility index (Phi) is 3.92. The molecule has 1 aromatic heterocycles. The van der Waals surface area contributed by atoms with Gasteiger partial charge in [-0.25, -0.2) is 0 Å². The Balaban J connectivity index is 1.87. The third-order valence-corrected chi connectivity index (χ3v) is 5.37. The standard InChI is InChI=1S/C22H17P/c1-3-9-17(10-4-1)15-19-16-22(18-11-5-2-6-12-18)23-21-14-8-7-13-20(19)21/h1-14,16H,15H2. The van der Waals surface area contributed by atoms with Crippen molar-refractivity contribution in [3.05, 3.63) is 102 Å². The van der Waals surface area contributed by atoms with E-state index >= 15 is 0 Å². The highest BCUT2D eigenvalue weighted by atomic mass is 31.0. The predicted octanol–water partition coefficient (Wildman–Crippen LogP) is 6.68. The van der Waals surface area contributed by atoms with Gasteiger partial charge in [0.2, 0.25) is 0 Å². The van der Waals surface area contributed by atoms with Gasteiger partial charge in [-0.15, -0.1) is 0 Å². The van der Waals surface area contributed by atoms with E-state index in [1.54, 1.807) is 0 Å². The lowest BCUT2D eigenvalue weighted by Crippen LogP contribution is -1.90. The van der Waals surface area contributed by atoms with Crippen molar-refractivity contribution in [3.8, 4) is 10.9 Å². The molecule has 0 aliphatic heterocycles. The van der Waals surface area contributed by atoms with Crippen molar-refractivity contribution in [2.75, 3.05) is 0 Å². The smallest absolute Gasteiger partial charge is 0.00992 e. The third-order valence-electron chi connectivity index (χ3n) is 4.11. The minimum absolute atomic E-state index is 0.976. The lowest BCUT2D eigenvalue weighted by atomic mass is 10.0. The summed E-state index contributed by atoms with van der Waals surface area (Å²) in [7, 11) is 1.30. The first-order valence-electron chi connectivity index (χ1n) is 7.88. The van der Waals surface area contributed by atoms with Crippen LogP contribution in [0, 0.1) is 0 Å². The normalized spacial score (nSPS) is 11.1. The zero-order valence-electron chi connectivity index (χ0n) is 12.8. The van der Waals surface area contributed by atoms with E-state index in [0.29, 0.717) is 0 Å². The van der Waals surface area contributed by atoms with Gasteiger partial charge in [-0.2, -0.15) is 0 Å². The minimum Gasteiger partial charge on any atom is -0.0622 e. The maximum absolute atomic E-state index is 2.38. The number of hydrogen-bond acceptors (Lipinski definition) is 0. The van der Waals surface area contributed by atoms with E-state index in [4.69, 9.17) is 0 Å². The average molecular weight is 312 g/mol. The molecular weight excluding hydrogens is 295 g/mol. The topological polar surface area (TPSA) is 0 Å². The molecule has 0 atom stereocenters. The summed E-state index contributed by atoms with van der Waals surface area (Å²) in [5.41, 5.74) is 4.08. The minimum atomic E-state index is 0.976. The first kappa shape index (κ1) is 14.2. The average Bonchev–Trinajstić information content (AvgIpc) is 2.63. The van der Waals surface area contributed by atoms with E-state index < -0.39 is 0 Å². The maximum Gasteiger partial charge on any atom is 0.00992 e. The van der Waals surface area contributed by atoms with E-state index in [2.05, 4.69) is 91.0 Å². The summed E-state index contributed by atoms with van der Waals surface area (Å²) >= 11 is 0. The summed E-state index contributed by atoms with van der Waals surface area (Å²) in [5, 5.41) is 4.17. The Morgan fingerprint density at radius 1 is 0.652 bits per heavy atom. The summed E-state index contributed by atoms with van der Waals surface area (Å²) < 4.78 is 0. The molecule has 0 spiro atoms. The molecule has 4 aromatic rings. The van der Waals surface area contributed by atoms with Crippen molar-refractivity contribution >= 4 is 18.7 Å². The SMILES string of the molecule is c1ccc(Cc2cc(-c3ccccc3)pc3ccccc23)cc1. The molecule has 1 heterocycles. The van der Waals surface area contributed by atoms with Crippen molar-refractivity contribution in [2.45, 2.75) is 6.42 Å². The van der Waals surface area contributed by atoms with Crippen molar-refractivity contribution in [3.63, 3.8) is 0 Å². The fourth-order valence-corrected chi connectivity index (χ4v) is 4.22. The maximum atomic E-state index is 2.38. The Morgan fingerprint density at radius 3 is 2.09 bits per heavy atom. The third kappa shape index (κ3) is 3.04. The van der Waals surface area contributed by atoms with Gasteiger partial charge < -0.3 is 0 Å². The molecule has 0 fully saturated rings. The summed E-state index contributed by atoms with van der Waals surface area (Å²) in [6, 6.07) is 32.6. The van der Waals surface area contributed by atoms with Crippen LogP contribution in [0.5, 0.6) is 0 Å². The predicted molar refractivity (Wildman–Crippen MR) is 101 cm³/mol. The highest BCUT2D eigenvalue weighted by Crippen LogP contribution is 2.37. The Bertz CT molecular complexity index is 928. The van der Waals surface area contributed by atoms with Crippen LogP contribution in [0.2, 0.25) is 0 Å². The molecule has 0 saturated heterocycles. The molecular formula is C22H17P. The van der Waals surface area contributed by atoms with Gasteiger partial charge in [0.05, 0.1) is 0 Å². The Hall–Kier alpha value is -2.43. The van der Waals surface area contributed by atoms with Gasteiger partial charge in [0, 0.05) is 10.4 Å².